The molecule has 1 aromatic carbocycles. The molecular weight excluding hydrogens is 330 g/mol. The summed E-state index contributed by atoms with van der Waals surface area (Å²) in [4.78, 5) is 31.2. The number of rotatable bonds is 3. The van der Waals surface area contributed by atoms with Gasteiger partial charge in [0.2, 0.25) is 0 Å². The second-order valence-electron chi connectivity index (χ2n) is 6.46. The third-order valence-corrected chi connectivity index (χ3v) is 4.59. The van der Waals surface area contributed by atoms with Gasteiger partial charge in [-0.2, -0.15) is 5.10 Å². The zero-order valence-corrected chi connectivity index (χ0v) is 14.2. The fourth-order valence-electron chi connectivity index (χ4n) is 3.34. The van der Waals surface area contributed by atoms with Crippen LogP contribution in [0.1, 0.15) is 16.2 Å². The highest BCUT2D eigenvalue weighted by Crippen LogP contribution is 2.18. The van der Waals surface area contributed by atoms with Gasteiger partial charge in [-0.15, -0.1) is 0 Å². The van der Waals surface area contributed by atoms with Gasteiger partial charge in [0.25, 0.3) is 11.5 Å². The van der Waals surface area contributed by atoms with Gasteiger partial charge in [0.15, 0.2) is 0 Å². The molecule has 7 nitrogen and oxygen atoms in total. The first kappa shape index (κ1) is 16.3. The van der Waals surface area contributed by atoms with E-state index in [4.69, 9.17) is 0 Å². The molecule has 3 heterocycles. The number of benzene rings is 1. The molecule has 0 bridgehead atoms. The van der Waals surface area contributed by atoms with Crippen LogP contribution < -0.4 is 5.56 Å². The molecule has 1 aliphatic rings. The zero-order chi connectivity index (χ0) is 17.9. The highest BCUT2D eigenvalue weighted by Gasteiger charge is 2.26. The van der Waals surface area contributed by atoms with Crippen LogP contribution in [-0.2, 0) is 19.6 Å². The molecule has 0 unspecified atom stereocenters. The van der Waals surface area contributed by atoms with Gasteiger partial charge in [-0.1, -0.05) is 18.2 Å². The molecule has 3 aromatic rings. The highest BCUT2D eigenvalue weighted by molar-refractivity contribution is 5.94. The van der Waals surface area contributed by atoms with E-state index in [1.165, 1.54) is 10.7 Å². The molecule has 0 aliphatic carbocycles. The Bertz CT molecular complexity index is 963. The van der Waals surface area contributed by atoms with Crippen molar-refractivity contribution in [2.24, 2.45) is 5.92 Å². The molecule has 0 spiro atoms. The number of hydrogen-bond acceptors (Lipinski definition) is 4. The van der Waals surface area contributed by atoms with E-state index in [9.17, 15) is 9.59 Å². The molecule has 1 atom stereocenters. The Kier molecular flexibility index (Phi) is 4.35. The Morgan fingerprint density at radius 2 is 1.92 bits per heavy atom. The van der Waals surface area contributed by atoms with E-state index in [-0.39, 0.29) is 17.4 Å². The van der Waals surface area contributed by atoms with Crippen LogP contribution >= 0.6 is 0 Å². The minimum atomic E-state index is -0.136. The average molecular weight is 349 g/mol. The Labute approximate surface area is 150 Å². The van der Waals surface area contributed by atoms with E-state index in [1.807, 2.05) is 36.5 Å². The van der Waals surface area contributed by atoms with Gasteiger partial charge in [-0.25, -0.2) is 9.67 Å². The van der Waals surface area contributed by atoms with Crippen LogP contribution in [0.15, 0.2) is 65.8 Å². The van der Waals surface area contributed by atoms with Crippen molar-refractivity contribution in [3.05, 3.63) is 82.8 Å². The van der Waals surface area contributed by atoms with E-state index in [1.54, 1.807) is 23.4 Å². The molecule has 26 heavy (non-hydrogen) atoms. The second-order valence-corrected chi connectivity index (χ2v) is 6.46. The summed E-state index contributed by atoms with van der Waals surface area (Å²) < 4.78 is 3.51. The van der Waals surface area contributed by atoms with Crippen molar-refractivity contribution in [2.75, 3.05) is 6.54 Å². The maximum Gasteiger partial charge on any atom is 0.266 e. The van der Waals surface area contributed by atoms with Crippen LogP contribution in [-0.4, -0.2) is 36.7 Å². The number of carbonyl (C=O) groups is 1. The number of fused-ring (bicyclic) bond motifs is 1. The minimum absolute atomic E-state index is 0.0274. The van der Waals surface area contributed by atoms with Crippen LogP contribution in [0.25, 0.3) is 0 Å². The lowest BCUT2D eigenvalue weighted by Gasteiger charge is -2.24. The summed E-state index contributed by atoms with van der Waals surface area (Å²) in [6, 6.07) is 12.4. The standard InChI is InChI=1S/C19H19N5O2/c25-18-7-4-8-21-24(18)13-15-11-22-10-9-20-17(22)14-23(12-15)19(26)16-5-2-1-3-6-16/h1-10,15H,11-14H2/t15-/m1/s1. The van der Waals surface area contributed by atoms with Gasteiger partial charge in [0.05, 0.1) is 13.1 Å². The van der Waals surface area contributed by atoms with Crippen LogP contribution in [0.5, 0.6) is 0 Å². The maximum atomic E-state index is 13.0. The van der Waals surface area contributed by atoms with Crippen molar-refractivity contribution in [3.63, 3.8) is 0 Å². The fourth-order valence-corrected chi connectivity index (χ4v) is 3.34. The number of imidazole rings is 1. The van der Waals surface area contributed by atoms with Crippen molar-refractivity contribution < 1.29 is 4.79 Å². The topological polar surface area (TPSA) is 73.0 Å². The van der Waals surface area contributed by atoms with Crippen molar-refractivity contribution >= 4 is 5.91 Å². The average Bonchev–Trinajstić information content (AvgIpc) is 3.02. The van der Waals surface area contributed by atoms with Gasteiger partial charge >= 0.3 is 0 Å². The summed E-state index contributed by atoms with van der Waals surface area (Å²) in [6.07, 6.45) is 5.27. The Morgan fingerprint density at radius 3 is 2.73 bits per heavy atom. The van der Waals surface area contributed by atoms with Crippen molar-refractivity contribution in [2.45, 2.75) is 19.6 Å². The first-order valence-corrected chi connectivity index (χ1v) is 8.57. The maximum absolute atomic E-state index is 13.0. The monoisotopic (exact) mass is 349 g/mol. The zero-order valence-electron chi connectivity index (χ0n) is 14.2. The lowest BCUT2D eigenvalue weighted by atomic mass is 10.1. The minimum Gasteiger partial charge on any atom is -0.333 e. The smallest absolute Gasteiger partial charge is 0.266 e. The van der Waals surface area contributed by atoms with Gasteiger partial charge in [-0.05, 0) is 18.2 Å². The quantitative estimate of drug-likeness (QED) is 0.717. The Balaban J connectivity index is 1.62. The predicted octanol–water partition coefficient (Wildman–Crippen LogP) is 1.41. The van der Waals surface area contributed by atoms with E-state index in [0.717, 1.165) is 5.82 Å². The fraction of sp³-hybridized carbons (Fsp3) is 0.263. The van der Waals surface area contributed by atoms with E-state index in [2.05, 4.69) is 14.6 Å². The molecule has 132 valence electrons. The number of hydrogen-bond donors (Lipinski definition) is 0. The second kappa shape index (κ2) is 6.95. The Hall–Kier alpha value is -3.22. The van der Waals surface area contributed by atoms with Gasteiger partial charge in [0, 0.05) is 49.2 Å². The third-order valence-electron chi connectivity index (χ3n) is 4.59. The molecule has 0 radical (unpaired) electrons. The van der Waals surface area contributed by atoms with E-state index < -0.39 is 0 Å². The van der Waals surface area contributed by atoms with Crippen LogP contribution in [0, 0.1) is 5.92 Å². The number of nitrogens with zero attached hydrogens (tertiary/aromatic N) is 5. The first-order valence-electron chi connectivity index (χ1n) is 8.57. The van der Waals surface area contributed by atoms with Gasteiger partial charge < -0.3 is 9.47 Å². The molecule has 0 fully saturated rings. The summed E-state index contributed by atoms with van der Waals surface area (Å²) >= 11 is 0. The molecule has 1 amide bonds. The summed E-state index contributed by atoms with van der Waals surface area (Å²) in [5, 5.41) is 4.15. The number of carbonyl (C=O) groups excluding carboxylic acids is 1. The van der Waals surface area contributed by atoms with E-state index in [0.29, 0.717) is 31.7 Å². The molecule has 1 aliphatic heterocycles. The third kappa shape index (κ3) is 3.28. The molecule has 7 heteroatoms. The van der Waals surface area contributed by atoms with Gasteiger partial charge in [-0.3, -0.25) is 9.59 Å². The van der Waals surface area contributed by atoms with Crippen molar-refractivity contribution in [3.8, 4) is 0 Å². The van der Waals surface area contributed by atoms with E-state index >= 15 is 0 Å². The summed E-state index contributed by atoms with van der Waals surface area (Å²) in [5.41, 5.74) is 0.518. The molecule has 2 aromatic heterocycles. The van der Waals surface area contributed by atoms with Gasteiger partial charge in [0.1, 0.15) is 5.82 Å². The number of amides is 1. The highest BCUT2D eigenvalue weighted by atomic mass is 16.2. The summed E-state index contributed by atoms with van der Waals surface area (Å²) in [7, 11) is 0. The molecule has 0 N–H and O–H groups in total. The summed E-state index contributed by atoms with van der Waals surface area (Å²) in [6.45, 7) is 2.14. The number of aromatic nitrogens is 4. The van der Waals surface area contributed by atoms with Crippen molar-refractivity contribution in [1.29, 1.82) is 0 Å². The molecule has 0 saturated carbocycles. The van der Waals surface area contributed by atoms with Crippen molar-refractivity contribution in [1.82, 2.24) is 24.2 Å². The predicted molar refractivity (Wildman–Crippen MR) is 95.4 cm³/mol. The summed E-state index contributed by atoms with van der Waals surface area (Å²) in [5.74, 6) is 0.885. The SMILES string of the molecule is O=C(c1ccccc1)N1Cc2nccn2C[C@@H](Cn2ncccc2=O)C1. The lowest BCUT2D eigenvalue weighted by molar-refractivity contribution is 0.0712. The molecule has 0 saturated heterocycles. The molecule has 4 rings (SSSR count). The largest absolute Gasteiger partial charge is 0.333 e. The lowest BCUT2D eigenvalue weighted by Crippen LogP contribution is -2.37. The first-order chi connectivity index (χ1) is 12.7. The van der Waals surface area contributed by atoms with Crippen LogP contribution in [0.4, 0.5) is 0 Å². The normalized spacial score (nSPS) is 16.8. The Morgan fingerprint density at radius 1 is 1.08 bits per heavy atom. The molecular formula is C19H19N5O2. The van der Waals surface area contributed by atoms with Crippen LogP contribution in [0.2, 0.25) is 0 Å². The van der Waals surface area contributed by atoms with Crippen LogP contribution in [0.3, 0.4) is 0 Å².